The molecule has 0 aliphatic rings. The van der Waals surface area contributed by atoms with Crippen LogP contribution < -0.4 is 5.48 Å². The summed E-state index contributed by atoms with van der Waals surface area (Å²) in [6.07, 6.45) is -0.0884. The summed E-state index contributed by atoms with van der Waals surface area (Å²) in [6.45, 7) is 19.7. The Hall–Kier alpha value is -0.633. The van der Waals surface area contributed by atoms with Crippen LogP contribution in [0.4, 0.5) is 4.79 Å². The number of hydrogen-bond donors (Lipinski definition) is 2. The van der Waals surface area contributed by atoms with E-state index in [1.807, 2.05) is 20.8 Å². The summed E-state index contributed by atoms with van der Waals surface area (Å²) in [5.41, 5.74) is 3.27. The third-order valence-corrected chi connectivity index (χ3v) is 10.8. The first-order valence-electron chi connectivity index (χ1n) is 9.72. The summed E-state index contributed by atoms with van der Waals surface area (Å²) < 4.78 is 11.8. The van der Waals surface area contributed by atoms with Crippen molar-refractivity contribution in [3.05, 3.63) is 0 Å². The lowest BCUT2D eigenvalue weighted by Crippen LogP contribution is -2.49. The van der Waals surface area contributed by atoms with Crippen LogP contribution >= 0.6 is 0 Å². The second-order valence-electron chi connectivity index (χ2n) is 8.92. The van der Waals surface area contributed by atoms with Gasteiger partial charge in [0.15, 0.2) is 8.32 Å². The second-order valence-corrected chi connectivity index (χ2v) is 14.4. The first-order valence-corrected chi connectivity index (χ1v) is 11.9. The van der Waals surface area contributed by atoms with Crippen molar-refractivity contribution in [1.29, 1.82) is 0 Å². The van der Waals surface area contributed by atoms with Crippen molar-refractivity contribution in [3.63, 3.8) is 0 Å². The van der Waals surface area contributed by atoms with E-state index in [9.17, 15) is 9.90 Å². The quantitative estimate of drug-likeness (QED) is 0.396. The van der Waals surface area contributed by atoms with Crippen LogP contribution in [0.2, 0.25) is 16.6 Å². The molecule has 0 heterocycles. The molecule has 0 spiro atoms. The Bertz CT molecular complexity index is 385. The Kier molecular flexibility index (Phi) is 11.0. The molecule has 26 heavy (non-hydrogen) atoms. The van der Waals surface area contributed by atoms with E-state index in [2.05, 4.69) is 47.0 Å². The van der Waals surface area contributed by atoms with Gasteiger partial charge in [-0.1, -0.05) is 41.5 Å². The van der Waals surface area contributed by atoms with E-state index < -0.39 is 20.0 Å². The highest BCUT2D eigenvalue weighted by atomic mass is 28.4. The van der Waals surface area contributed by atoms with E-state index in [0.29, 0.717) is 29.7 Å². The standard InChI is InChI=1S/C19H41NO5Si/c1-14(2)26(15(3)4,16(5)6)24-13-17(10-11-21)12-23-18(22)20-25-19(7,8)9/h14-17,21H,10-13H2,1-9H3,(H,20,22). The zero-order valence-corrected chi connectivity index (χ0v) is 19.2. The van der Waals surface area contributed by atoms with Crippen LogP contribution in [-0.4, -0.2) is 44.9 Å². The number of ether oxygens (including phenoxy) is 1. The molecule has 2 N–H and O–H groups in total. The summed E-state index contributed by atoms with van der Waals surface area (Å²) >= 11 is 0. The van der Waals surface area contributed by atoms with Gasteiger partial charge in [-0.25, -0.2) is 4.79 Å². The number of hydrogen-bond acceptors (Lipinski definition) is 5. The molecule has 1 atom stereocenters. The largest absolute Gasteiger partial charge is 0.448 e. The Morgan fingerprint density at radius 3 is 1.88 bits per heavy atom. The minimum Gasteiger partial charge on any atom is -0.448 e. The SMILES string of the molecule is CC(C)[Si](OCC(CCO)COC(=O)NOC(C)(C)C)(C(C)C)C(C)C. The Morgan fingerprint density at radius 2 is 1.50 bits per heavy atom. The lowest BCUT2D eigenvalue weighted by atomic mass is 10.1. The van der Waals surface area contributed by atoms with Crippen LogP contribution in [0.25, 0.3) is 0 Å². The van der Waals surface area contributed by atoms with E-state index >= 15 is 0 Å². The van der Waals surface area contributed by atoms with E-state index in [4.69, 9.17) is 14.0 Å². The van der Waals surface area contributed by atoms with E-state index in [-0.39, 0.29) is 19.1 Å². The van der Waals surface area contributed by atoms with Crippen LogP contribution in [-0.2, 0) is 14.0 Å². The lowest BCUT2D eigenvalue weighted by molar-refractivity contribution is -0.0683. The average Bonchev–Trinajstić information content (AvgIpc) is 2.49. The molecular weight excluding hydrogens is 350 g/mol. The molecule has 0 saturated carbocycles. The normalized spacial score (nSPS) is 14.2. The van der Waals surface area contributed by atoms with Crippen molar-refractivity contribution in [1.82, 2.24) is 5.48 Å². The van der Waals surface area contributed by atoms with Gasteiger partial charge in [-0.05, 0) is 43.8 Å². The smallest absolute Gasteiger partial charge is 0.431 e. The van der Waals surface area contributed by atoms with Gasteiger partial charge in [-0.3, -0.25) is 4.84 Å². The second kappa shape index (κ2) is 11.3. The molecule has 0 bridgehead atoms. The van der Waals surface area contributed by atoms with Crippen LogP contribution in [0.15, 0.2) is 0 Å². The molecule has 0 radical (unpaired) electrons. The first kappa shape index (κ1) is 25.4. The predicted octanol–water partition coefficient (Wildman–Crippen LogP) is 4.63. The number of carbonyl (C=O) groups is 1. The zero-order valence-electron chi connectivity index (χ0n) is 18.2. The fourth-order valence-corrected chi connectivity index (χ4v) is 9.10. The molecule has 1 amide bonds. The fourth-order valence-electron chi connectivity index (χ4n) is 3.58. The molecule has 0 saturated heterocycles. The molecule has 0 rings (SSSR count). The van der Waals surface area contributed by atoms with Crippen molar-refractivity contribution in [2.75, 3.05) is 19.8 Å². The van der Waals surface area contributed by atoms with Crippen molar-refractivity contribution < 1.29 is 23.9 Å². The third kappa shape index (κ3) is 8.37. The van der Waals surface area contributed by atoms with Crippen LogP contribution in [0, 0.1) is 5.92 Å². The topological polar surface area (TPSA) is 77.0 Å². The van der Waals surface area contributed by atoms with Crippen LogP contribution in [0.3, 0.4) is 0 Å². The average molecular weight is 392 g/mol. The molecular formula is C19H41NO5Si. The molecule has 0 aliphatic heterocycles. The number of nitrogens with one attached hydrogen (secondary N) is 1. The highest BCUT2D eigenvalue weighted by Gasteiger charge is 2.45. The summed E-state index contributed by atoms with van der Waals surface area (Å²) in [5, 5.41) is 9.34. The minimum atomic E-state index is -1.98. The lowest BCUT2D eigenvalue weighted by Gasteiger charge is -2.43. The number of rotatable bonds is 11. The monoisotopic (exact) mass is 391 g/mol. The van der Waals surface area contributed by atoms with Gasteiger partial charge in [0.25, 0.3) is 0 Å². The molecule has 0 aromatic carbocycles. The van der Waals surface area contributed by atoms with E-state index in [1.54, 1.807) is 0 Å². The molecule has 0 aliphatic carbocycles. The molecule has 6 nitrogen and oxygen atoms in total. The maximum Gasteiger partial charge on any atom is 0.431 e. The van der Waals surface area contributed by atoms with Gasteiger partial charge in [0.2, 0.25) is 0 Å². The molecule has 0 aromatic heterocycles. The molecule has 1 unspecified atom stereocenters. The Balaban J connectivity index is 4.78. The Labute approximate surface area is 161 Å². The van der Waals surface area contributed by atoms with Gasteiger partial charge >= 0.3 is 6.09 Å². The molecule has 156 valence electrons. The van der Waals surface area contributed by atoms with Gasteiger partial charge in [-0.2, -0.15) is 5.48 Å². The summed E-state index contributed by atoms with van der Waals surface area (Å²) in [6, 6.07) is 0. The highest BCUT2D eigenvalue weighted by molar-refractivity contribution is 6.77. The molecule has 0 fully saturated rings. The first-order chi connectivity index (χ1) is 11.9. The van der Waals surface area contributed by atoms with E-state index in [1.165, 1.54) is 0 Å². The maximum absolute atomic E-state index is 11.8. The van der Waals surface area contributed by atoms with Crippen molar-refractivity contribution in [2.24, 2.45) is 5.92 Å². The maximum atomic E-state index is 11.8. The van der Waals surface area contributed by atoms with Crippen LogP contribution in [0.5, 0.6) is 0 Å². The van der Waals surface area contributed by atoms with Gasteiger partial charge < -0.3 is 14.3 Å². The van der Waals surface area contributed by atoms with Gasteiger partial charge in [0.1, 0.15) is 0 Å². The fraction of sp³-hybridized carbons (Fsp3) is 0.947. The van der Waals surface area contributed by atoms with Crippen molar-refractivity contribution >= 4 is 14.4 Å². The van der Waals surface area contributed by atoms with Gasteiger partial charge in [0, 0.05) is 19.1 Å². The Morgan fingerprint density at radius 1 is 1.00 bits per heavy atom. The van der Waals surface area contributed by atoms with Gasteiger partial charge in [-0.15, -0.1) is 0 Å². The number of aliphatic hydroxyl groups excluding tert-OH is 1. The molecule has 7 heteroatoms. The number of aliphatic hydroxyl groups is 1. The van der Waals surface area contributed by atoms with Crippen LogP contribution in [0.1, 0.15) is 68.7 Å². The van der Waals surface area contributed by atoms with Gasteiger partial charge in [0.05, 0.1) is 12.2 Å². The number of amides is 1. The third-order valence-electron chi connectivity index (χ3n) is 4.70. The number of carbonyl (C=O) groups excluding carboxylic acids is 1. The van der Waals surface area contributed by atoms with Crippen molar-refractivity contribution in [2.45, 2.75) is 91.0 Å². The van der Waals surface area contributed by atoms with E-state index in [0.717, 1.165) is 0 Å². The summed E-state index contributed by atoms with van der Waals surface area (Å²) in [7, 11) is -1.98. The highest BCUT2D eigenvalue weighted by Crippen LogP contribution is 2.42. The summed E-state index contributed by atoms with van der Waals surface area (Å²) in [4.78, 5) is 17.0. The zero-order chi connectivity index (χ0) is 20.5. The summed E-state index contributed by atoms with van der Waals surface area (Å²) in [5.74, 6) is -0.0384. The van der Waals surface area contributed by atoms with Crippen molar-refractivity contribution in [3.8, 4) is 0 Å². The predicted molar refractivity (Wildman–Crippen MR) is 108 cm³/mol. The number of hydroxylamine groups is 1. The molecule has 0 aromatic rings. The minimum absolute atomic E-state index is 0.0384.